The quantitative estimate of drug-likeness (QED) is 0.287. The van der Waals surface area contributed by atoms with E-state index in [4.69, 9.17) is 9.72 Å². The number of aryl methyl sites for hydroxylation is 1. The van der Waals surface area contributed by atoms with Crippen molar-refractivity contribution in [3.63, 3.8) is 0 Å². The summed E-state index contributed by atoms with van der Waals surface area (Å²) in [5, 5.41) is 14.8. The molecule has 0 bridgehead atoms. The van der Waals surface area contributed by atoms with Gasteiger partial charge in [0, 0.05) is 24.5 Å². The van der Waals surface area contributed by atoms with Gasteiger partial charge in [-0.15, -0.1) is 5.10 Å². The SMILES string of the molecule is CCCCc1nc2cccc(COC(C)=O)c2c(=O)n1Cc1ccc(-c2ccccc2-c2nnn[nH]2)cc1. The zero-order valence-electron chi connectivity index (χ0n) is 21.3. The predicted molar refractivity (Wildman–Crippen MR) is 144 cm³/mol. The average molecular weight is 509 g/mol. The molecular formula is C29H28N6O3. The van der Waals surface area contributed by atoms with E-state index in [9.17, 15) is 9.59 Å². The molecule has 2 heterocycles. The number of esters is 1. The third-order valence-corrected chi connectivity index (χ3v) is 6.47. The van der Waals surface area contributed by atoms with Crippen molar-refractivity contribution in [3.05, 3.63) is 94.0 Å². The second kappa shape index (κ2) is 11.2. The van der Waals surface area contributed by atoms with Crippen molar-refractivity contribution in [1.82, 2.24) is 30.2 Å². The summed E-state index contributed by atoms with van der Waals surface area (Å²) in [6.07, 6.45) is 2.62. The summed E-state index contributed by atoms with van der Waals surface area (Å²) in [7, 11) is 0. The fourth-order valence-electron chi connectivity index (χ4n) is 4.55. The summed E-state index contributed by atoms with van der Waals surface area (Å²) in [6.45, 7) is 3.89. The molecule has 2 aromatic heterocycles. The highest BCUT2D eigenvalue weighted by Crippen LogP contribution is 2.30. The van der Waals surface area contributed by atoms with Crippen LogP contribution in [0.25, 0.3) is 33.4 Å². The van der Waals surface area contributed by atoms with Crippen molar-refractivity contribution >= 4 is 16.9 Å². The molecule has 5 aromatic rings. The highest BCUT2D eigenvalue weighted by molar-refractivity contribution is 5.82. The fraction of sp³-hybridized carbons (Fsp3) is 0.241. The van der Waals surface area contributed by atoms with E-state index < -0.39 is 5.97 Å². The molecule has 0 aliphatic heterocycles. The highest BCUT2D eigenvalue weighted by atomic mass is 16.5. The maximum absolute atomic E-state index is 13.8. The van der Waals surface area contributed by atoms with Gasteiger partial charge in [-0.25, -0.2) is 10.1 Å². The summed E-state index contributed by atoms with van der Waals surface area (Å²) < 4.78 is 6.95. The number of tetrazole rings is 1. The lowest BCUT2D eigenvalue weighted by atomic mass is 9.98. The van der Waals surface area contributed by atoms with E-state index in [0.717, 1.165) is 40.9 Å². The molecule has 0 saturated heterocycles. The lowest BCUT2D eigenvalue weighted by molar-refractivity contribution is -0.142. The summed E-state index contributed by atoms with van der Waals surface area (Å²) in [6, 6.07) is 21.5. The van der Waals surface area contributed by atoms with Crippen LogP contribution in [0.5, 0.6) is 0 Å². The molecule has 192 valence electrons. The normalized spacial score (nSPS) is 11.1. The molecule has 0 unspecified atom stereocenters. The summed E-state index contributed by atoms with van der Waals surface area (Å²) in [4.78, 5) is 30.1. The number of fused-ring (bicyclic) bond motifs is 1. The number of ether oxygens (including phenoxy) is 1. The molecule has 0 aliphatic rings. The Morgan fingerprint density at radius 3 is 2.50 bits per heavy atom. The molecule has 0 saturated carbocycles. The van der Waals surface area contributed by atoms with Crippen LogP contribution in [0.15, 0.2) is 71.5 Å². The number of hydrogen-bond acceptors (Lipinski definition) is 7. The lowest BCUT2D eigenvalue weighted by Gasteiger charge is -2.16. The van der Waals surface area contributed by atoms with Gasteiger partial charge in [0.15, 0.2) is 5.82 Å². The monoisotopic (exact) mass is 508 g/mol. The van der Waals surface area contributed by atoms with Crippen molar-refractivity contribution in [2.45, 2.75) is 46.3 Å². The first kappa shape index (κ1) is 25.0. The topological polar surface area (TPSA) is 116 Å². The van der Waals surface area contributed by atoms with Crippen molar-refractivity contribution in [2.24, 2.45) is 0 Å². The van der Waals surface area contributed by atoms with E-state index >= 15 is 0 Å². The van der Waals surface area contributed by atoms with Crippen LogP contribution in [-0.2, 0) is 29.1 Å². The van der Waals surface area contributed by atoms with Crippen LogP contribution >= 0.6 is 0 Å². The number of benzene rings is 3. The molecule has 0 fully saturated rings. The second-order valence-corrected chi connectivity index (χ2v) is 9.11. The largest absolute Gasteiger partial charge is 0.461 e. The van der Waals surface area contributed by atoms with E-state index in [0.29, 0.717) is 35.3 Å². The van der Waals surface area contributed by atoms with Gasteiger partial charge in [0.2, 0.25) is 0 Å². The van der Waals surface area contributed by atoms with Crippen LogP contribution in [0.1, 0.15) is 43.6 Å². The molecule has 9 heteroatoms. The predicted octanol–water partition coefficient (Wildman–Crippen LogP) is 4.70. The Morgan fingerprint density at radius 1 is 1.00 bits per heavy atom. The van der Waals surface area contributed by atoms with Crippen molar-refractivity contribution in [2.75, 3.05) is 0 Å². The molecule has 9 nitrogen and oxygen atoms in total. The van der Waals surface area contributed by atoms with Gasteiger partial charge in [0.1, 0.15) is 12.4 Å². The maximum Gasteiger partial charge on any atom is 0.302 e. The van der Waals surface area contributed by atoms with Crippen LogP contribution in [-0.4, -0.2) is 36.1 Å². The maximum atomic E-state index is 13.8. The summed E-state index contributed by atoms with van der Waals surface area (Å²) in [5.74, 6) is 0.959. The minimum absolute atomic E-state index is 0.0344. The lowest BCUT2D eigenvalue weighted by Crippen LogP contribution is -2.27. The average Bonchev–Trinajstić information content (AvgIpc) is 3.48. The Balaban J connectivity index is 1.52. The molecule has 0 spiro atoms. The molecule has 0 amide bonds. The third-order valence-electron chi connectivity index (χ3n) is 6.47. The van der Waals surface area contributed by atoms with Crippen LogP contribution in [0.4, 0.5) is 0 Å². The number of rotatable bonds is 9. The Labute approximate surface area is 219 Å². The van der Waals surface area contributed by atoms with Gasteiger partial charge >= 0.3 is 5.97 Å². The Hall–Kier alpha value is -4.66. The fourth-order valence-corrected chi connectivity index (χ4v) is 4.55. The molecule has 0 radical (unpaired) electrons. The summed E-state index contributed by atoms with van der Waals surface area (Å²) in [5.41, 5.74) is 5.04. The van der Waals surface area contributed by atoms with Gasteiger partial charge in [-0.05, 0) is 39.6 Å². The van der Waals surface area contributed by atoms with Gasteiger partial charge in [0.05, 0.1) is 17.4 Å². The Kier molecular flexibility index (Phi) is 7.35. The van der Waals surface area contributed by atoms with Crippen LogP contribution in [0.2, 0.25) is 0 Å². The van der Waals surface area contributed by atoms with Crippen molar-refractivity contribution < 1.29 is 9.53 Å². The second-order valence-electron chi connectivity index (χ2n) is 9.11. The van der Waals surface area contributed by atoms with E-state index in [1.807, 2.05) is 60.7 Å². The first-order valence-electron chi connectivity index (χ1n) is 12.6. The third kappa shape index (κ3) is 5.22. The molecule has 0 aliphatic carbocycles. The Bertz CT molecular complexity index is 1630. The molecule has 5 rings (SSSR count). The van der Waals surface area contributed by atoms with Gasteiger partial charge in [-0.2, -0.15) is 0 Å². The molecule has 1 N–H and O–H groups in total. The summed E-state index contributed by atoms with van der Waals surface area (Å²) >= 11 is 0. The molecular weight excluding hydrogens is 480 g/mol. The smallest absolute Gasteiger partial charge is 0.302 e. The standard InChI is InChI=1S/C29H28N6O3/c1-3-4-12-26-30-25-11-7-8-22(18-38-19(2)36)27(25)29(37)35(26)17-20-13-15-21(16-14-20)23-9-5-6-10-24(23)28-31-33-34-32-28/h5-11,13-16H,3-4,12,17-18H2,1-2H3,(H,31,32,33,34). The zero-order chi connectivity index (χ0) is 26.5. The number of nitrogens with one attached hydrogen (secondary N) is 1. The van der Waals surface area contributed by atoms with Gasteiger partial charge < -0.3 is 4.74 Å². The number of unbranched alkanes of at least 4 members (excludes halogenated alkanes) is 1. The van der Waals surface area contributed by atoms with E-state index in [-0.39, 0.29) is 12.2 Å². The van der Waals surface area contributed by atoms with Crippen LogP contribution in [0.3, 0.4) is 0 Å². The number of carbonyl (C=O) groups is 1. The van der Waals surface area contributed by atoms with Crippen LogP contribution < -0.4 is 5.56 Å². The van der Waals surface area contributed by atoms with Gasteiger partial charge in [0.25, 0.3) is 5.56 Å². The van der Waals surface area contributed by atoms with E-state index in [1.165, 1.54) is 6.92 Å². The van der Waals surface area contributed by atoms with Crippen molar-refractivity contribution in [3.8, 4) is 22.5 Å². The molecule has 38 heavy (non-hydrogen) atoms. The van der Waals surface area contributed by atoms with Crippen molar-refractivity contribution in [1.29, 1.82) is 0 Å². The number of aromatic nitrogens is 6. The number of H-pyrrole nitrogens is 1. The minimum Gasteiger partial charge on any atom is -0.461 e. The van der Waals surface area contributed by atoms with Gasteiger partial charge in [-0.3, -0.25) is 14.2 Å². The van der Waals surface area contributed by atoms with Gasteiger partial charge in [-0.1, -0.05) is 74.0 Å². The van der Waals surface area contributed by atoms with Crippen LogP contribution in [0, 0.1) is 0 Å². The highest BCUT2D eigenvalue weighted by Gasteiger charge is 2.16. The Morgan fingerprint density at radius 2 is 1.79 bits per heavy atom. The molecule has 3 aromatic carbocycles. The number of nitrogens with zero attached hydrogens (tertiary/aromatic N) is 5. The zero-order valence-corrected chi connectivity index (χ0v) is 21.3. The van der Waals surface area contributed by atoms with E-state index in [1.54, 1.807) is 10.6 Å². The number of carbonyl (C=O) groups excluding carboxylic acids is 1. The number of aromatic amines is 1. The minimum atomic E-state index is -0.393. The first-order valence-corrected chi connectivity index (χ1v) is 12.6. The van der Waals surface area contributed by atoms with E-state index in [2.05, 4.69) is 27.5 Å². The molecule has 0 atom stereocenters. The number of hydrogen-bond donors (Lipinski definition) is 1. The first-order chi connectivity index (χ1) is 18.5.